The second kappa shape index (κ2) is 6.43. The molecule has 2 unspecified atom stereocenters. The fourth-order valence-corrected chi connectivity index (χ4v) is 3.61. The van der Waals surface area contributed by atoms with Crippen LogP contribution in [0, 0.1) is 5.92 Å². The largest absolute Gasteiger partial charge is 0.480 e. The molecule has 1 N–H and O–H groups in total. The molecule has 118 valence electrons. The summed E-state index contributed by atoms with van der Waals surface area (Å²) >= 11 is 0. The van der Waals surface area contributed by atoms with Crippen LogP contribution in [0.4, 0.5) is 0 Å². The molecular formula is C14H27NO4S. The summed E-state index contributed by atoms with van der Waals surface area (Å²) in [5, 5.41) is 9.32. The second-order valence-electron chi connectivity index (χ2n) is 6.62. The standard InChI is InChI=1S/C14H27NO4S/c1-5-11-6-7-15(12(10-11)13(16)17)8-9-20(18,19)14(2,3)4/h11-12H,5-10H2,1-4H3,(H,16,17). The van der Waals surface area contributed by atoms with Crippen molar-refractivity contribution in [2.45, 2.75) is 57.7 Å². The summed E-state index contributed by atoms with van der Waals surface area (Å²) in [5.41, 5.74) is 0. The third-order valence-corrected chi connectivity index (χ3v) is 6.85. The van der Waals surface area contributed by atoms with Crippen LogP contribution in [0.2, 0.25) is 0 Å². The van der Waals surface area contributed by atoms with Gasteiger partial charge in [-0.3, -0.25) is 9.69 Å². The fraction of sp³-hybridized carbons (Fsp3) is 0.929. The molecule has 0 aromatic carbocycles. The van der Waals surface area contributed by atoms with E-state index in [0.29, 0.717) is 25.4 Å². The minimum absolute atomic E-state index is 0.0249. The molecule has 1 heterocycles. The SMILES string of the molecule is CCC1CCN(CCS(=O)(=O)C(C)(C)C)C(C(=O)O)C1. The van der Waals surface area contributed by atoms with Crippen molar-refractivity contribution in [3.05, 3.63) is 0 Å². The molecular weight excluding hydrogens is 278 g/mol. The first-order chi connectivity index (χ1) is 9.08. The van der Waals surface area contributed by atoms with Crippen LogP contribution < -0.4 is 0 Å². The zero-order chi connectivity index (χ0) is 15.6. The van der Waals surface area contributed by atoms with E-state index in [9.17, 15) is 18.3 Å². The molecule has 2 atom stereocenters. The lowest BCUT2D eigenvalue weighted by Gasteiger charge is -2.37. The van der Waals surface area contributed by atoms with Gasteiger partial charge in [0.2, 0.25) is 0 Å². The highest BCUT2D eigenvalue weighted by atomic mass is 32.2. The number of sulfone groups is 1. The molecule has 0 saturated carbocycles. The second-order valence-corrected chi connectivity index (χ2v) is 9.48. The molecule has 5 nitrogen and oxygen atoms in total. The summed E-state index contributed by atoms with van der Waals surface area (Å²) in [5.74, 6) is -0.375. The summed E-state index contributed by atoms with van der Waals surface area (Å²) < 4.78 is 23.5. The number of piperidine rings is 1. The van der Waals surface area contributed by atoms with Gasteiger partial charge in [0.05, 0.1) is 10.5 Å². The lowest BCUT2D eigenvalue weighted by Crippen LogP contribution is -2.49. The Labute approximate surface area is 122 Å². The molecule has 0 spiro atoms. The van der Waals surface area contributed by atoms with E-state index in [2.05, 4.69) is 6.92 Å². The lowest BCUT2D eigenvalue weighted by atomic mass is 9.89. The molecule has 1 rings (SSSR count). The molecule has 20 heavy (non-hydrogen) atoms. The van der Waals surface area contributed by atoms with Crippen molar-refractivity contribution in [2.75, 3.05) is 18.8 Å². The Hall–Kier alpha value is -0.620. The van der Waals surface area contributed by atoms with E-state index in [0.717, 1.165) is 12.8 Å². The van der Waals surface area contributed by atoms with Gasteiger partial charge in [-0.15, -0.1) is 0 Å². The summed E-state index contributed by atoms with van der Waals surface area (Å²) in [6, 6.07) is -0.538. The number of carboxylic acids is 1. The lowest BCUT2D eigenvalue weighted by molar-refractivity contribution is -0.145. The van der Waals surface area contributed by atoms with Crippen molar-refractivity contribution in [3.8, 4) is 0 Å². The van der Waals surface area contributed by atoms with Gasteiger partial charge >= 0.3 is 5.97 Å². The number of hydrogen-bond donors (Lipinski definition) is 1. The maximum atomic E-state index is 12.1. The van der Waals surface area contributed by atoms with Crippen molar-refractivity contribution in [1.82, 2.24) is 4.90 Å². The minimum atomic E-state index is -3.20. The van der Waals surface area contributed by atoms with Crippen molar-refractivity contribution in [3.63, 3.8) is 0 Å². The topological polar surface area (TPSA) is 74.7 Å². The van der Waals surface area contributed by atoms with Gasteiger partial charge in [0.25, 0.3) is 0 Å². The van der Waals surface area contributed by atoms with E-state index in [-0.39, 0.29) is 5.75 Å². The highest BCUT2D eigenvalue weighted by Crippen LogP contribution is 2.26. The Balaban J connectivity index is 2.69. The van der Waals surface area contributed by atoms with E-state index in [1.165, 1.54) is 0 Å². The monoisotopic (exact) mass is 305 g/mol. The molecule has 1 aliphatic rings. The van der Waals surface area contributed by atoms with Crippen LogP contribution in [0.1, 0.15) is 47.0 Å². The predicted octanol–water partition coefficient (Wildman–Crippen LogP) is 1.77. The maximum absolute atomic E-state index is 12.1. The molecule has 1 aliphatic heterocycles. The molecule has 0 bridgehead atoms. The third-order valence-electron chi connectivity index (χ3n) is 4.26. The van der Waals surface area contributed by atoms with Crippen molar-refractivity contribution < 1.29 is 18.3 Å². The highest BCUT2D eigenvalue weighted by molar-refractivity contribution is 7.92. The van der Waals surface area contributed by atoms with Gasteiger partial charge in [0, 0.05) is 6.54 Å². The van der Waals surface area contributed by atoms with Gasteiger partial charge in [-0.05, 0) is 46.1 Å². The predicted molar refractivity (Wildman–Crippen MR) is 79.6 cm³/mol. The van der Waals surface area contributed by atoms with Crippen molar-refractivity contribution in [2.24, 2.45) is 5.92 Å². The van der Waals surface area contributed by atoms with Crippen molar-refractivity contribution >= 4 is 15.8 Å². The summed E-state index contributed by atoms with van der Waals surface area (Å²) in [6.07, 6.45) is 2.56. The van der Waals surface area contributed by atoms with Gasteiger partial charge in [0.15, 0.2) is 9.84 Å². The number of nitrogens with zero attached hydrogens (tertiary/aromatic N) is 1. The molecule has 0 aromatic heterocycles. The van der Waals surface area contributed by atoms with E-state index in [1.54, 1.807) is 20.8 Å². The van der Waals surface area contributed by atoms with Crippen LogP contribution in [0.3, 0.4) is 0 Å². The normalized spacial score (nSPS) is 25.6. The Morgan fingerprint density at radius 2 is 1.95 bits per heavy atom. The molecule has 0 amide bonds. The minimum Gasteiger partial charge on any atom is -0.480 e. The Bertz CT molecular complexity index is 439. The smallest absolute Gasteiger partial charge is 0.320 e. The summed E-state index contributed by atoms with van der Waals surface area (Å²) in [4.78, 5) is 13.2. The zero-order valence-corrected chi connectivity index (χ0v) is 13.7. The fourth-order valence-electron chi connectivity index (χ4n) is 2.53. The highest BCUT2D eigenvalue weighted by Gasteiger charge is 2.35. The number of carboxylic acid groups (broad SMARTS) is 1. The third kappa shape index (κ3) is 4.19. The first-order valence-electron chi connectivity index (χ1n) is 7.27. The van der Waals surface area contributed by atoms with Gasteiger partial charge in [0.1, 0.15) is 6.04 Å². The van der Waals surface area contributed by atoms with Gasteiger partial charge in [-0.2, -0.15) is 0 Å². The Morgan fingerprint density at radius 3 is 2.40 bits per heavy atom. The Morgan fingerprint density at radius 1 is 1.35 bits per heavy atom. The average Bonchev–Trinajstić information content (AvgIpc) is 2.34. The van der Waals surface area contributed by atoms with Crippen molar-refractivity contribution in [1.29, 1.82) is 0 Å². The molecule has 0 aliphatic carbocycles. The molecule has 0 aromatic rings. The number of hydrogen-bond acceptors (Lipinski definition) is 4. The molecule has 6 heteroatoms. The van der Waals surface area contributed by atoms with Crippen LogP contribution in [-0.2, 0) is 14.6 Å². The quantitative estimate of drug-likeness (QED) is 0.838. The molecule has 0 radical (unpaired) electrons. The van der Waals surface area contributed by atoms with E-state index < -0.39 is 26.6 Å². The van der Waals surface area contributed by atoms with Crippen LogP contribution in [0.5, 0.6) is 0 Å². The summed E-state index contributed by atoms with van der Waals surface area (Å²) in [7, 11) is -3.20. The average molecular weight is 305 g/mol. The first kappa shape index (κ1) is 17.4. The number of aliphatic carboxylic acids is 1. The van der Waals surface area contributed by atoms with E-state index in [4.69, 9.17) is 0 Å². The zero-order valence-electron chi connectivity index (χ0n) is 12.9. The molecule has 1 fully saturated rings. The van der Waals surface area contributed by atoms with Crippen LogP contribution in [0.25, 0.3) is 0 Å². The van der Waals surface area contributed by atoms with Gasteiger partial charge < -0.3 is 5.11 Å². The van der Waals surface area contributed by atoms with Crippen LogP contribution in [0.15, 0.2) is 0 Å². The van der Waals surface area contributed by atoms with Gasteiger partial charge in [-0.1, -0.05) is 13.3 Å². The molecule has 1 saturated heterocycles. The number of likely N-dealkylation sites (tertiary alicyclic amines) is 1. The van der Waals surface area contributed by atoms with E-state index in [1.807, 2.05) is 4.90 Å². The first-order valence-corrected chi connectivity index (χ1v) is 8.93. The van der Waals surface area contributed by atoms with E-state index >= 15 is 0 Å². The van der Waals surface area contributed by atoms with Crippen LogP contribution >= 0.6 is 0 Å². The van der Waals surface area contributed by atoms with Gasteiger partial charge in [-0.25, -0.2) is 8.42 Å². The van der Waals surface area contributed by atoms with Crippen LogP contribution in [-0.4, -0.2) is 54.0 Å². The number of rotatable bonds is 5. The Kier molecular flexibility index (Phi) is 5.61. The number of carbonyl (C=O) groups is 1. The summed E-state index contributed by atoms with van der Waals surface area (Å²) in [6.45, 7) is 8.10. The maximum Gasteiger partial charge on any atom is 0.320 e.